The topological polar surface area (TPSA) is 59.4 Å². The third-order valence-electron chi connectivity index (χ3n) is 1.44. The van der Waals surface area contributed by atoms with Gasteiger partial charge in [-0.25, -0.2) is 0 Å². The molecular formula is C7H10BrNO2. The van der Waals surface area contributed by atoms with Gasteiger partial charge in [-0.3, -0.25) is 0 Å². The van der Waals surface area contributed by atoms with Gasteiger partial charge in [-0.05, 0) is 28.9 Å². The van der Waals surface area contributed by atoms with Gasteiger partial charge in [0.1, 0.15) is 12.0 Å². The van der Waals surface area contributed by atoms with Crippen LogP contribution >= 0.6 is 15.9 Å². The van der Waals surface area contributed by atoms with Gasteiger partial charge in [0.05, 0.1) is 16.6 Å². The summed E-state index contributed by atoms with van der Waals surface area (Å²) in [5.41, 5.74) is 5.59. The molecule has 3 nitrogen and oxygen atoms in total. The zero-order valence-electron chi connectivity index (χ0n) is 6.12. The van der Waals surface area contributed by atoms with Gasteiger partial charge in [-0.2, -0.15) is 0 Å². The second kappa shape index (κ2) is 3.38. The van der Waals surface area contributed by atoms with Gasteiger partial charge in [0, 0.05) is 0 Å². The van der Waals surface area contributed by atoms with Crippen LogP contribution in [0.5, 0.6) is 0 Å². The number of nitrogens with two attached hydrogens (primary N) is 1. The minimum Gasteiger partial charge on any atom is -0.466 e. The van der Waals surface area contributed by atoms with E-state index in [-0.39, 0.29) is 0 Å². The van der Waals surface area contributed by atoms with Crippen LogP contribution in [0.25, 0.3) is 0 Å². The Balaban J connectivity index is 2.76. The van der Waals surface area contributed by atoms with E-state index >= 15 is 0 Å². The Kier molecular flexibility index (Phi) is 2.70. The van der Waals surface area contributed by atoms with E-state index in [2.05, 4.69) is 15.9 Å². The zero-order chi connectivity index (χ0) is 8.43. The van der Waals surface area contributed by atoms with Crippen molar-refractivity contribution in [2.75, 3.05) is 0 Å². The van der Waals surface area contributed by atoms with E-state index in [0.717, 1.165) is 4.47 Å². The molecule has 0 aromatic carbocycles. The van der Waals surface area contributed by atoms with Crippen LogP contribution in [0.3, 0.4) is 0 Å². The first-order chi connectivity index (χ1) is 5.11. The van der Waals surface area contributed by atoms with Crippen LogP contribution < -0.4 is 5.73 Å². The number of rotatable bonds is 2. The van der Waals surface area contributed by atoms with E-state index in [9.17, 15) is 0 Å². The van der Waals surface area contributed by atoms with Gasteiger partial charge in [0.25, 0.3) is 0 Å². The fraction of sp³-hybridized carbons (Fsp3) is 0.429. The van der Waals surface area contributed by atoms with Crippen molar-refractivity contribution in [2.24, 2.45) is 5.73 Å². The molecule has 1 aromatic rings. The first-order valence-corrected chi connectivity index (χ1v) is 4.08. The summed E-state index contributed by atoms with van der Waals surface area (Å²) in [7, 11) is 0. The molecule has 0 spiro atoms. The molecule has 2 atom stereocenters. The van der Waals surface area contributed by atoms with Crippen molar-refractivity contribution in [1.29, 1.82) is 0 Å². The fourth-order valence-corrected chi connectivity index (χ4v) is 1.06. The van der Waals surface area contributed by atoms with Crippen molar-refractivity contribution >= 4 is 15.9 Å². The van der Waals surface area contributed by atoms with Crippen LogP contribution in [0, 0.1) is 0 Å². The Morgan fingerprint density at radius 1 is 1.73 bits per heavy atom. The molecule has 4 heteroatoms. The lowest BCUT2D eigenvalue weighted by molar-refractivity contribution is 0.153. The van der Waals surface area contributed by atoms with Crippen LogP contribution in [0.2, 0.25) is 0 Å². The molecule has 0 fully saturated rings. The molecule has 0 saturated carbocycles. The van der Waals surface area contributed by atoms with E-state index in [0.29, 0.717) is 5.76 Å². The molecule has 0 radical (unpaired) electrons. The average Bonchev–Trinajstić information content (AvgIpc) is 2.34. The van der Waals surface area contributed by atoms with Crippen LogP contribution in [0.15, 0.2) is 21.2 Å². The second-order valence-corrected chi connectivity index (χ2v) is 3.35. The van der Waals surface area contributed by atoms with E-state index in [1.54, 1.807) is 13.0 Å². The number of hydrogen-bond acceptors (Lipinski definition) is 3. The molecule has 0 unspecified atom stereocenters. The molecule has 0 amide bonds. The molecule has 0 aliphatic heterocycles. The molecule has 0 bridgehead atoms. The second-order valence-electron chi connectivity index (χ2n) is 2.43. The van der Waals surface area contributed by atoms with Gasteiger partial charge in [0.15, 0.2) is 0 Å². The van der Waals surface area contributed by atoms with E-state index in [1.165, 1.54) is 6.26 Å². The summed E-state index contributed by atoms with van der Waals surface area (Å²) in [5.74, 6) is 0.590. The maximum absolute atomic E-state index is 9.08. The number of furan rings is 1. The highest BCUT2D eigenvalue weighted by atomic mass is 79.9. The monoisotopic (exact) mass is 219 g/mol. The van der Waals surface area contributed by atoms with E-state index in [1.807, 2.05) is 0 Å². The fourth-order valence-electron chi connectivity index (χ4n) is 0.741. The summed E-state index contributed by atoms with van der Waals surface area (Å²) in [5, 5.41) is 9.08. The molecule has 1 rings (SSSR count). The van der Waals surface area contributed by atoms with Gasteiger partial charge in [-0.1, -0.05) is 0 Å². The quantitative estimate of drug-likeness (QED) is 0.792. The number of halogens is 1. The average molecular weight is 220 g/mol. The predicted octanol–water partition coefficient (Wildman–Crippen LogP) is 1.42. The number of aliphatic hydroxyl groups excluding tert-OH is 1. The molecule has 62 valence electrons. The lowest BCUT2D eigenvalue weighted by Crippen LogP contribution is -2.22. The molecule has 0 aliphatic rings. The van der Waals surface area contributed by atoms with Gasteiger partial charge in [0.2, 0.25) is 0 Å². The minimum atomic E-state index is -0.590. The Hall–Kier alpha value is -0.320. The third kappa shape index (κ3) is 2.05. The van der Waals surface area contributed by atoms with Crippen LogP contribution in [-0.2, 0) is 0 Å². The summed E-state index contributed by atoms with van der Waals surface area (Å²) in [6, 6.07) is 1.30. The van der Waals surface area contributed by atoms with Crippen molar-refractivity contribution in [3.8, 4) is 0 Å². The Morgan fingerprint density at radius 2 is 2.36 bits per heavy atom. The van der Waals surface area contributed by atoms with Crippen LogP contribution in [0.4, 0.5) is 0 Å². The van der Waals surface area contributed by atoms with Crippen LogP contribution in [0.1, 0.15) is 18.7 Å². The van der Waals surface area contributed by atoms with E-state index in [4.69, 9.17) is 15.3 Å². The van der Waals surface area contributed by atoms with Crippen LogP contribution in [-0.4, -0.2) is 11.2 Å². The summed E-state index contributed by atoms with van der Waals surface area (Å²) >= 11 is 3.22. The zero-order valence-corrected chi connectivity index (χ0v) is 7.71. The van der Waals surface area contributed by atoms with Gasteiger partial charge in [-0.15, -0.1) is 0 Å². The summed E-state index contributed by atoms with van der Waals surface area (Å²) < 4.78 is 5.89. The lowest BCUT2D eigenvalue weighted by Gasteiger charge is -2.10. The normalized spacial score (nSPS) is 16.4. The lowest BCUT2D eigenvalue weighted by atomic mass is 10.1. The van der Waals surface area contributed by atoms with Crippen molar-refractivity contribution in [2.45, 2.75) is 19.1 Å². The highest BCUT2D eigenvalue weighted by molar-refractivity contribution is 9.10. The first kappa shape index (κ1) is 8.77. The molecule has 1 heterocycles. The van der Waals surface area contributed by atoms with Crippen molar-refractivity contribution in [3.63, 3.8) is 0 Å². The van der Waals surface area contributed by atoms with Crippen molar-refractivity contribution in [3.05, 3.63) is 22.6 Å². The summed E-state index contributed by atoms with van der Waals surface area (Å²) in [4.78, 5) is 0. The minimum absolute atomic E-state index is 0.443. The SMILES string of the molecule is C[C@H](O)[C@@H](N)c1cc(Br)co1. The largest absolute Gasteiger partial charge is 0.466 e. The number of aliphatic hydroxyl groups is 1. The third-order valence-corrected chi connectivity index (χ3v) is 1.85. The first-order valence-electron chi connectivity index (χ1n) is 3.29. The standard InChI is InChI=1S/C7H10BrNO2/c1-4(10)7(9)6-2-5(8)3-11-6/h2-4,7,10H,9H2,1H3/t4-,7+/m0/s1. The highest BCUT2D eigenvalue weighted by Crippen LogP contribution is 2.20. The van der Waals surface area contributed by atoms with Gasteiger partial charge >= 0.3 is 0 Å². The molecule has 3 N–H and O–H groups in total. The maximum Gasteiger partial charge on any atom is 0.124 e. The molecule has 11 heavy (non-hydrogen) atoms. The van der Waals surface area contributed by atoms with Crippen molar-refractivity contribution < 1.29 is 9.52 Å². The summed E-state index contributed by atoms with van der Waals surface area (Å²) in [6.45, 7) is 1.63. The highest BCUT2D eigenvalue weighted by Gasteiger charge is 2.15. The maximum atomic E-state index is 9.08. The molecule has 1 aromatic heterocycles. The van der Waals surface area contributed by atoms with Crippen molar-refractivity contribution in [1.82, 2.24) is 0 Å². The van der Waals surface area contributed by atoms with Gasteiger partial charge < -0.3 is 15.3 Å². The Bertz CT molecular complexity index is 234. The molecule has 0 aliphatic carbocycles. The predicted molar refractivity (Wildman–Crippen MR) is 45.0 cm³/mol. The Labute approximate surface area is 73.3 Å². The smallest absolute Gasteiger partial charge is 0.124 e. The number of hydrogen-bond donors (Lipinski definition) is 2. The van der Waals surface area contributed by atoms with E-state index < -0.39 is 12.1 Å². The molecular weight excluding hydrogens is 210 g/mol. The molecule has 0 saturated heterocycles. The Morgan fingerprint density at radius 3 is 2.73 bits per heavy atom. The summed E-state index contributed by atoms with van der Waals surface area (Å²) in [6.07, 6.45) is 0.949.